The van der Waals surface area contributed by atoms with E-state index in [1.54, 1.807) is 4.90 Å². The lowest BCUT2D eigenvalue weighted by atomic mass is 9.96. The van der Waals surface area contributed by atoms with E-state index in [0.29, 0.717) is 18.7 Å². The number of likely N-dealkylation sites (N-methyl/N-ethyl adjacent to an activating group) is 1. The molecular formula is C25H31FN4O2. The van der Waals surface area contributed by atoms with Crippen LogP contribution in [0, 0.1) is 18.7 Å². The lowest BCUT2D eigenvalue weighted by Gasteiger charge is -2.35. The van der Waals surface area contributed by atoms with Gasteiger partial charge < -0.3 is 20.0 Å². The van der Waals surface area contributed by atoms with E-state index in [2.05, 4.69) is 35.2 Å². The summed E-state index contributed by atoms with van der Waals surface area (Å²) in [4.78, 5) is 32.1. The van der Waals surface area contributed by atoms with Gasteiger partial charge in [0.05, 0.1) is 5.92 Å². The Morgan fingerprint density at radius 3 is 2.41 bits per heavy atom. The van der Waals surface area contributed by atoms with Crippen LogP contribution in [0.1, 0.15) is 28.8 Å². The van der Waals surface area contributed by atoms with Gasteiger partial charge in [0.15, 0.2) is 0 Å². The quantitative estimate of drug-likeness (QED) is 0.795. The number of piperidine rings is 1. The van der Waals surface area contributed by atoms with Crippen LogP contribution in [-0.4, -0.2) is 67.9 Å². The number of hydrogen-bond donors (Lipinski definition) is 1. The van der Waals surface area contributed by atoms with Gasteiger partial charge >= 0.3 is 0 Å². The topological polar surface area (TPSA) is 55.9 Å². The third kappa shape index (κ3) is 5.10. The fraction of sp³-hybridized carbons (Fsp3) is 0.440. The highest BCUT2D eigenvalue weighted by Crippen LogP contribution is 2.26. The number of anilines is 2. The predicted molar refractivity (Wildman–Crippen MR) is 125 cm³/mol. The first-order valence-electron chi connectivity index (χ1n) is 11.3. The number of carbonyl (C=O) groups excluding carboxylic acids is 2. The molecule has 7 heteroatoms. The Balaban J connectivity index is 1.37. The molecule has 32 heavy (non-hydrogen) atoms. The van der Waals surface area contributed by atoms with E-state index in [1.807, 2.05) is 12.1 Å². The predicted octanol–water partition coefficient (Wildman–Crippen LogP) is 3.38. The third-order valence-corrected chi connectivity index (χ3v) is 6.48. The van der Waals surface area contributed by atoms with Gasteiger partial charge in [0.1, 0.15) is 5.82 Å². The van der Waals surface area contributed by atoms with E-state index < -0.39 is 0 Å². The Morgan fingerprint density at radius 2 is 1.72 bits per heavy atom. The number of benzene rings is 2. The number of piperazine rings is 1. The summed E-state index contributed by atoms with van der Waals surface area (Å²) < 4.78 is 13.2. The van der Waals surface area contributed by atoms with Crippen LogP contribution in [0.3, 0.4) is 0 Å². The Bertz CT molecular complexity index is 970. The summed E-state index contributed by atoms with van der Waals surface area (Å²) >= 11 is 0. The number of hydrogen-bond acceptors (Lipinski definition) is 4. The molecule has 2 saturated heterocycles. The molecule has 2 aromatic carbocycles. The molecule has 0 bridgehead atoms. The summed E-state index contributed by atoms with van der Waals surface area (Å²) in [6.07, 6.45) is 1.52. The van der Waals surface area contributed by atoms with Crippen LogP contribution in [0.5, 0.6) is 0 Å². The molecule has 0 saturated carbocycles. The van der Waals surface area contributed by atoms with Crippen molar-refractivity contribution < 1.29 is 14.0 Å². The zero-order valence-corrected chi connectivity index (χ0v) is 18.8. The molecule has 1 unspecified atom stereocenters. The van der Waals surface area contributed by atoms with Gasteiger partial charge in [-0.25, -0.2) is 4.39 Å². The van der Waals surface area contributed by atoms with Crippen molar-refractivity contribution in [3.63, 3.8) is 0 Å². The van der Waals surface area contributed by atoms with E-state index in [9.17, 15) is 14.0 Å². The van der Waals surface area contributed by atoms with E-state index in [0.717, 1.165) is 50.3 Å². The molecule has 2 amide bonds. The average Bonchev–Trinajstić information content (AvgIpc) is 2.80. The van der Waals surface area contributed by atoms with Crippen LogP contribution in [0.15, 0.2) is 42.5 Å². The summed E-state index contributed by atoms with van der Waals surface area (Å²) in [6, 6.07) is 11.6. The number of nitrogens with zero attached hydrogens (tertiary/aromatic N) is 3. The van der Waals surface area contributed by atoms with Gasteiger partial charge in [0.25, 0.3) is 5.91 Å². The summed E-state index contributed by atoms with van der Waals surface area (Å²) in [6.45, 7) is 7.16. The zero-order chi connectivity index (χ0) is 22.7. The SMILES string of the molecule is Cc1cc(NC(=O)C2CCCN(C(=O)c3ccc(F)cc3)C2)ccc1N1CCN(C)CC1. The largest absolute Gasteiger partial charge is 0.369 e. The van der Waals surface area contributed by atoms with Crippen molar-refractivity contribution in [3.05, 3.63) is 59.4 Å². The van der Waals surface area contributed by atoms with Gasteiger partial charge in [-0.1, -0.05) is 0 Å². The standard InChI is InChI=1S/C25H31FN4O2/c1-18-16-22(9-10-23(18)29-14-12-28(2)13-15-29)27-24(31)20-4-3-11-30(17-20)25(32)19-5-7-21(26)8-6-19/h5-10,16,20H,3-4,11-15,17H2,1-2H3,(H,27,31). The Morgan fingerprint density at radius 1 is 1.00 bits per heavy atom. The Labute approximate surface area is 189 Å². The van der Waals surface area contributed by atoms with Crippen molar-refractivity contribution in [2.24, 2.45) is 5.92 Å². The molecule has 0 aromatic heterocycles. The van der Waals surface area contributed by atoms with Crippen molar-refractivity contribution in [3.8, 4) is 0 Å². The smallest absolute Gasteiger partial charge is 0.253 e. The van der Waals surface area contributed by atoms with Gasteiger partial charge in [-0.2, -0.15) is 0 Å². The minimum absolute atomic E-state index is 0.0617. The fourth-order valence-electron chi connectivity index (χ4n) is 4.53. The number of rotatable bonds is 4. The minimum Gasteiger partial charge on any atom is -0.369 e. The lowest BCUT2D eigenvalue weighted by molar-refractivity contribution is -0.121. The molecule has 0 radical (unpaired) electrons. The number of likely N-dealkylation sites (tertiary alicyclic amines) is 1. The average molecular weight is 439 g/mol. The summed E-state index contributed by atoms with van der Waals surface area (Å²) in [5.74, 6) is -0.847. The molecule has 170 valence electrons. The maximum Gasteiger partial charge on any atom is 0.253 e. The van der Waals surface area contributed by atoms with Crippen molar-refractivity contribution in [2.75, 3.05) is 56.5 Å². The monoisotopic (exact) mass is 438 g/mol. The van der Waals surface area contributed by atoms with Crippen LogP contribution in [0.4, 0.5) is 15.8 Å². The Hall–Kier alpha value is -2.93. The van der Waals surface area contributed by atoms with Crippen molar-refractivity contribution in [2.45, 2.75) is 19.8 Å². The van der Waals surface area contributed by atoms with Crippen molar-refractivity contribution >= 4 is 23.2 Å². The second-order valence-electron chi connectivity index (χ2n) is 8.88. The normalized spacial score (nSPS) is 19.7. The van der Waals surface area contributed by atoms with E-state index in [4.69, 9.17) is 0 Å². The van der Waals surface area contributed by atoms with Crippen LogP contribution in [0.2, 0.25) is 0 Å². The fourth-order valence-corrected chi connectivity index (χ4v) is 4.53. The first-order chi connectivity index (χ1) is 15.4. The van der Waals surface area contributed by atoms with Crippen molar-refractivity contribution in [1.82, 2.24) is 9.80 Å². The molecule has 4 rings (SSSR count). The zero-order valence-electron chi connectivity index (χ0n) is 18.8. The maximum absolute atomic E-state index is 13.2. The number of nitrogens with one attached hydrogen (secondary N) is 1. The van der Waals surface area contributed by atoms with Crippen LogP contribution in [-0.2, 0) is 4.79 Å². The van der Waals surface area contributed by atoms with Gasteiger partial charge in [-0.05, 0) is 74.8 Å². The molecule has 1 atom stereocenters. The van der Waals surface area contributed by atoms with E-state index >= 15 is 0 Å². The molecule has 1 N–H and O–H groups in total. The van der Waals surface area contributed by atoms with Gasteiger partial charge in [0.2, 0.25) is 5.91 Å². The van der Waals surface area contributed by atoms with Crippen LogP contribution < -0.4 is 10.2 Å². The van der Waals surface area contributed by atoms with Crippen LogP contribution in [0.25, 0.3) is 0 Å². The molecule has 2 aliphatic rings. The summed E-state index contributed by atoms with van der Waals surface area (Å²) in [7, 11) is 2.14. The second kappa shape index (κ2) is 9.69. The summed E-state index contributed by atoms with van der Waals surface area (Å²) in [5.41, 5.74) is 3.59. The number of carbonyl (C=O) groups is 2. The third-order valence-electron chi connectivity index (χ3n) is 6.48. The number of amides is 2. The van der Waals surface area contributed by atoms with Gasteiger partial charge in [-0.15, -0.1) is 0 Å². The highest BCUT2D eigenvalue weighted by Gasteiger charge is 2.29. The molecule has 2 aliphatic heterocycles. The highest BCUT2D eigenvalue weighted by molar-refractivity contribution is 5.96. The molecule has 6 nitrogen and oxygen atoms in total. The molecule has 2 heterocycles. The molecule has 0 spiro atoms. The van der Waals surface area contributed by atoms with Gasteiger partial charge in [0, 0.05) is 56.2 Å². The van der Waals surface area contributed by atoms with Crippen LogP contribution >= 0.6 is 0 Å². The van der Waals surface area contributed by atoms with E-state index in [1.165, 1.54) is 30.0 Å². The molecule has 2 aromatic rings. The molecule has 2 fully saturated rings. The second-order valence-corrected chi connectivity index (χ2v) is 8.88. The first-order valence-corrected chi connectivity index (χ1v) is 11.3. The Kier molecular flexibility index (Phi) is 6.74. The molecule has 0 aliphatic carbocycles. The maximum atomic E-state index is 13.2. The minimum atomic E-state index is -0.369. The lowest BCUT2D eigenvalue weighted by Crippen LogP contribution is -2.44. The number of halogens is 1. The number of aryl methyl sites for hydroxylation is 1. The first kappa shape index (κ1) is 22.3. The van der Waals surface area contributed by atoms with Crippen molar-refractivity contribution in [1.29, 1.82) is 0 Å². The highest BCUT2D eigenvalue weighted by atomic mass is 19.1. The van der Waals surface area contributed by atoms with E-state index in [-0.39, 0.29) is 23.5 Å². The molecular weight excluding hydrogens is 407 g/mol. The van der Waals surface area contributed by atoms with Gasteiger partial charge in [-0.3, -0.25) is 9.59 Å². The summed E-state index contributed by atoms with van der Waals surface area (Å²) in [5, 5.41) is 3.04.